The van der Waals surface area contributed by atoms with Crippen LogP contribution in [0.25, 0.3) is 0 Å². The van der Waals surface area contributed by atoms with E-state index in [1.54, 1.807) is 6.07 Å². The van der Waals surface area contributed by atoms with Crippen LogP contribution in [-0.4, -0.2) is 6.54 Å². The molecule has 4 heteroatoms. The van der Waals surface area contributed by atoms with Gasteiger partial charge in [-0.25, -0.2) is 4.39 Å². The maximum Gasteiger partial charge on any atom is 0.125 e. The summed E-state index contributed by atoms with van der Waals surface area (Å²) in [5, 5.41) is 0. The van der Waals surface area contributed by atoms with E-state index in [-0.39, 0.29) is 5.82 Å². The predicted molar refractivity (Wildman–Crippen MR) is 79.1 cm³/mol. The lowest BCUT2D eigenvalue weighted by Gasteiger charge is -2.22. The zero-order valence-electron chi connectivity index (χ0n) is 10.4. The molecule has 2 aromatic rings. The Kier molecular flexibility index (Phi) is 3.29. The molecule has 2 nitrogen and oxygen atoms in total. The molecule has 0 unspecified atom stereocenters. The second-order valence-electron chi connectivity index (χ2n) is 4.65. The van der Waals surface area contributed by atoms with E-state index in [1.807, 2.05) is 24.3 Å². The first-order valence-corrected chi connectivity index (χ1v) is 7.03. The SMILES string of the molecule is NCc1cc(Br)ccc1N1CCc2ccc(F)cc21. The fourth-order valence-corrected chi connectivity index (χ4v) is 2.99. The molecule has 0 bridgehead atoms. The van der Waals surface area contributed by atoms with Crippen LogP contribution in [0.2, 0.25) is 0 Å². The summed E-state index contributed by atoms with van der Waals surface area (Å²) in [6.45, 7) is 1.34. The number of benzene rings is 2. The van der Waals surface area contributed by atoms with Crippen LogP contribution in [0.5, 0.6) is 0 Å². The van der Waals surface area contributed by atoms with Gasteiger partial charge in [-0.1, -0.05) is 22.0 Å². The number of hydrogen-bond acceptors (Lipinski definition) is 2. The first-order valence-electron chi connectivity index (χ1n) is 6.23. The van der Waals surface area contributed by atoms with Gasteiger partial charge in [0.1, 0.15) is 5.82 Å². The average molecular weight is 321 g/mol. The van der Waals surface area contributed by atoms with Gasteiger partial charge in [0.15, 0.2) is 0 Å². The third-order valence-corrected chi connectivity index (χ3v) is 3.99. The van der Waals surface area contributed by atoms with Gasteiger partial charge >= 0.3 is 0 Å². The number of halogens is 2. The summed E-state index contributed by atoms with van der Waals surface area (Å²) < 4.78 is 14.4. The van der Waals surface area contributed by atoms with Gasteiger partial charge in [-0.05, 0) is 47.9 Å². The number of anilines is 2. The average Bonchev–Trinajstić information content (AvgIpc) is 2.81. The lowest BCUT2D eigenvalue weighted by atomic mass is 10.1. The zero-order valence-corrected chi connectivity index (χ0v) is 12.0. The summed E-state index contributed by atoms with van der Waals surface area (Å²) in [5.74, 6) is -0.197. The Hall–Kier alpha value is -1.39. The summed E-state index contributed by atoms with van der Waals surface area (Å²) in [6, 6.07) is 11.0. The molecular weight excluding hydrogens is 307 g/mol. The first-order chi connectivity index (χ1) is 9.19. The van der Waals surface area contributed by atoms with Crippen molar-refractivity contribution in [3.05, 3.63) is 57.8 Å². The van der Waals surface area contributed by atoms with Crippen molar-refractivity contribution >= 4 is 27.3 Å². The third-order valence-electron chi connectivity index (χ3n) is 3.50. The van der Waals surface area contributed by atoms with Gasteiger partial charge in [0.2, 0.25) is 0 Å². The first kappa shape index (κ1) is 12.6. The Morgan fingerprint density at radius 2 is 2.00 bits per heavy atom. The van der Waals surface area contributed by atoms with Crippen molar-refractivity contribution in [1.29, 1.82) is 0 Å². The van der Waals surface area contributed by atoms with E-state index in [0.717, 1.165) is 34.4 Å². The van der Waals surface area contributed by atoms with Gasteiger partial charge in [0, 0.05) is 28.9 Å². The van der Waals surface area contributed by atoms with Crippen molar-refractivity contribution in [1.82, 2.24) is 0 Å². The molecule has 2 aromatic carbocycles. The van der Waals surface area contributed by atoms with E-state index < -0.39 is 0 Å². The predicted octanol–water partition coefficient (Wildman–Crippen LogP) is 3.74. The number of fused-ring (bicyclic) bond motifs is 1. The van der Waals surface area contributed by atoms with Gasteiger partial charge in [-0.2, -0.15) is 0 Å². The fraction of sp³-hybridized carbons (Fsp3) is 0.200. The zero-order chi connectivity index (χ0) is 13.4. The molecule has 1 aliphatic heterocycles. The molecule has 0 amide bonds. The minimum atomic E-state index is -0.197. The maximum atomic E-state index is 13.4. The number of nitrogens with two attached hydrogens (primary N) is 1. The number of hydrogen-bond donors (Lipinski definition) is 1. The van der Waals surface area contributed by atoms with Gasteiger partial charge in [0.25, 0.3) is 0 Å². The van der Waals surface area contributed by atoms with Crippen LogP contribution in [0.3, 0.4) is 0 Å². The lowest BCUT2D eigenvalue weighted by Crippen LogP contribution is -2.16. The Labute approximate surface area is 120 Å². The molecule has 1 heterocycles. The third kappa shape index (κ3) is 2.26. The van der Waals surface area contributed by atoms with Crippen LogP contribution in [0.1, 0.15) is 11.1 Å². The highest BCUT2D eigenvalue weighted by Gasteiger charge is 2.22. The fourth-order valence-electron chi connectivity index (χ4n) is 2.58. The molecule has 0 radical (unpaired) electrons. The lowest BCUT2D eigenvalue weighted by molar-refractivity contribution is 0.628. The maximum absolute atomic E-state index is 13.4. The minimum absolute atomic E-state index is 0.197. The highest BCUT2D eigenvalue weighted by molar-refractivity contribution is 9.10. The second kappa shape index (κ2) is 4.94. The van der Waals surface area contributed by atoms with E-state index in [4.69, 9.17) is 5.73 Å². The smallest absolute Gasteiger partial charge is 0.125 e. The molecule has 3 rings (SSSR count). The van der Waals surface area contributed by atoms with Crippen molar-refractivity contribution in [2.45, 2.75) is 13.0 Å². The summed E-state index contributed by atoms with van der Waals surface area (Å²) in [6.07, 6.45) is 0.940. The van der Waals surface area contributed by atoms with Crippen molar-refractivity contribution in [2.75, 3.05) is 11.4 Å². The van der Waals surface area contributed by atoms with E-state index in [0.29, 0.717) is 6.54 Å². The monoisotopic (exact) mass is 320 g/mol. The molecule has 0 spiro atoms. The van der Waals surface area contributed by atoms with Crippen LogP contribution in [-0.2, 0) is 13.0 Å². The summed E-state index contributed by atoms with van der Waals surface area (Å²) in [4.78, 5) is 2.15. The Morgan fingerprint density at radius 1 is 1.16 bits per heavy atom. The highest BCUT2D eigenvalue weighted by atomic mass is 79.9. The second-order valence-corrected chi connectivity index (χ2v) is 5.57. The number of rotatable bonds is 2. The van der Waals surface area contributed by atoms with Crippen LogP contribution in [0.4, 0.5) is 15.8 Å². The molecule has 0 saturated heterocycles. The summed E-state index contributed by atoms with van der Waals surface area (Å²) >= 11 is 3.45. The van der Waals surface area contributed by atoms with Crippen molar-refractivity contribution in [3.8, 4) is 0 Å². The molecule has 0 saturated carbocycles. The van der Waals surface area contributed by atoms with Gasteiger partial charge in [-0.15, -0.1) is 0 Å². The van der Waals surface area contributed by atoms with E-state index in [2.05, 4.69) is 20.8 Å². The van der Waals surface area contributed by atoms with E-state index in [9.17, 15) is 4.39 Å². The Morgan fingerprint density at radius 3 is 2.79 bits per heavy atom. The number of nitrogens with zero attached hydrogens (tertiary/aromatic N) is 1. The summed E-state index contributed by atoms with van der Waals surface area (Å²) in [7, 11) is 0. The van der Waals surface area contributed by atoms with E-state index >= 15 is 0 Å². The molecule has 0 aromatic heterocycles. The van der Waals surface area contributed by atoms with Crippen LogP contribution in [0.15, 0.2) is 40.9 Å². The molecular formula is C15H14BrFN2. The molecule has 0 aliphatic carbocycles. The molecule has 2 N–H and O–H groups in total. The van der Waals surface area contributed by atoms with Crippen LogP contribution < -0.4 is 10.6 Å². The highest BCUT2D eigenvalue weighted by Crippen LogP contribution is 2.37. The quantitative estimate of drug-likeness (QED) is 0.913. The molecule has 19 heavy (non-hydrogen) atoms. The van der Waals surface area contributed by atoms with Crippen molar-refractivity contribution < 1.29 is 4.39 Å². The minimum Gasteiger partial charge on any atom is -0.341 e. The van der Waals surface area contributed by atoms with Crippen molar-refractivity contribution in [2.24, 2.45) is 5.73 Å². The summed E-state index contributed by atoms with van der Waals surface area (Å²) in [5.41, 5.74) is 10.1. The Balaban J connectivity index is 2.08. The normalized spacial score (nSPS) is 13.7. The van der Waals surface area contributed by atoms with Crippen LogP contribution in [0, 0.1) is 5.82 Å². The van der Waals surface area contributed by atoms with Gasteiger partial charge in [0.05, 0.1) is 0 Å². The standard InChI is InChI=1S/C15H14BrFN2/c16-12-2-4-14(11(7-12)9-18)19-6-5-10-1-3-13(17)8-15(10)19/h1-4,7-8H,5-6,9,18H2. The van der Waals surface area contributed by atoms with Crippen LogP contribution >= 0.6 is 15.9 Å². The Bertz CT molecular complexity index is 628. The van der Waals surface area contributed by atoms with Gasteiger partial charge < -0.3 is 10.6 Å². The van der Waals surface area contributed by atoms with E-state index in [1.165, 1.54) is 11.6 Å². The topological polar surface area (TPSA) is 29.3 Å². The van der Waals surface area contributed by atoms with Crippen molar-refractivity contribution in [3.63, 3.8) is 0 Å². The molecule has 0 fully saturated rings. The van der Waals surface area contributed by atoms with Gasteiger partial charge in [-0.3, -0.25) is 0 Å². The largest absolute Gasteiger partial charge is 0.341 e. The molecule has 0 atom stereocenters. The molecule has 98 valence electrons. The molecule has 1 aliphatic rings.